The third kappa shape index (κ3) is 6.22. The van der Waals surface area contributed by atoms with Crippen molar-refractivity contribution in [3.05, 3.63) is 12.7 Å². The standard InChI is InChI=1S/C4H8ClO2P/c1-3-4-7-8(2,5)6/h3H,1,4H2,2H3. The largest absolute Gasteiger partial charge is 0.314 e. The number of hydrogen-bond donors (Lipinski definition) is 0. The second-order valence-electron chi connectivity index (χ2n) is 1.33. The van der Waals surface area contributed by atoms with E-state index < -0.39 is 6.72 Å². The highest BCUT2D eigenvalue weighted by Gasteiger charge is 2.07. The molecule has 0 rings (SSSR count). The van der Waals surface area contributed by atoms with Gasteiger partial charge in [-0.3, -0.25) is 4.57 Å². The summed E-state index contributed by atoms with van der Waals surface area (Å²) in [5, 5.41) is 0. The molecule has 1 unspecified atom stereocenters. The summed E-state index contributed by atoms with van der Waals surface area (Å²) in [6, 6.07) is 0. The average Bonchev–Trinajstić information content (AvgIpc) is 1.59. The molecule has 0 aliphatic carbocycles. The van der Waals surface area contributed by atoms with E-state index in [0.717, 1.165) is 0 Å². The second-order valence-corrected chi connectivity index (χ2v) is 4.93. The van der Waals surface area contributed by atoms with Gasteiger partial charge in [-0.2, -0.15) is 0 Å². The van der Waals surface area contributed by atoms with E-state index in [2.05, 4.69) is 11.1 Å². The predicted octanol–water partition coefficient (Wildman–Crippen LogP) is 2.25. The van der Waals surface area contributed by atoms with Gasteiger partial charge < -0.3 is 4.52 Å². The van der Waals surface area contributed by atoms with Gasteiger partial charge in [-0.1, -0.05) is 6.08 Å². The summed E-state index contributed by atoms with van der Waals surface area (Å²) in [4.78, 5) is 0. The molecular formula is C4H8ClO2P. The minimum atomic E-state index is -2.78. The molecule has 0 aromatic carbocycles. The summed E-state index contributed by atoms with van der Waals surface area (Å²) in [6.45, 7) is 2.17. The van der Waals surface area contributed by atoms with Crippen LogP contribution in [0.25, 0.3) is 0 Å². The molecule has 0 aromatic rings. The van der Waals surface area contributed by atoms with Crippen LogP contribution in [0.15, 0.2) is 12.7 Å². The third-order valence-electron chi connectivity index (χ3n) is 0.423. The van der Waals surface area contributed by atoms with Crippen LogP contribution in [0.2, 0.25) is 0 Å². The molecule has 0 aliphatic heterocycles. The van der Waals surface area contributed by atoms with Crippen molar-refractivity contribution >= 4 is 18.0 Å². The molecule has 0 saturated carbocycles. The summed E-state index contributed by atoms with van der Waals surface area (Å²) in [5.41, 5.74) is 0. The molecule has 0 heterocycles. The highest BCUT2D eigenvalue weighted by Crippen LogP contribution is 2.47. The van der Waals surface area contributed by atoms with Crippen molar-refractivity contribution in [3.8, 4) is 0 Å². The van der Waals surface area contributed by atoms with Crippen LogP contribution < -0.4 is 0 Å². The number of hydrogen-bond acceptors (Lipinski definition) is 2. The third-order valence-corrected chi connectivity index (χ3v) is 1.33. The minimum Gasteiger partial charge on any atom is -0.314 e. The maximum atomic E-state index is 10.5. The topological polar surface area (TPSA) is 26.3 Å². The fourth-order valence-corrected chi connectivity index (χ4v) is 0.727. The van der Waals surface area contributed by atoms with Crippen LogP contribution in [0.5, 0.6) is 0 Å². The zero-order chi connectivity index (χ0) is 6.62. The number of rotatable bonds is 3. The van der Waals surface area contributed by atoms with Crippen LogP contribution >= 0.6 is 18.0 Å². The highest BCUT2D eigenvalue weighted by molar-refractivity contribution is 7.84. The molecule has 8 heavy (non-hydrogen) atoms. The van der Waals surface area contributed by atoms with E-state index in [0.29, 0.717) is 0 Å². The van der Waals surface area contributed by atoms with Gasteiger partial charge in [0.25, 0.3) is 6.72 Å². The Morgan fingerprint density at radius 1 is 2.00 bits per heavy atom. The average molecular weight is 155 g/mol. The Morgan fingerprint density at radius 3 is 2.62 bits per heavy atom. The van der Waals surface area contributed by atoms with Gasteiger partial charge >= 0.3 is 0 Å². The molecule has 0 aromatic heterocycles. The highest BCUT2D eigenvalue weighted by atomic mass is 35.7. The van der Waals surface area contributed by atoms with Crippen molar-refractivity contribution in [2.45, 2.75) is 0 Å². The quantitative estimate of drug-likeness (QED) is 0.460. The van der Waals surface area contributed by atoms with Crippen LogP contribution in [-0.2, 0) is 9.09 Å². The lowest BCUT2D eigenvalue weighted by molar-refractivity contribution is 0.369. The van der Waals surface area contributed by atoms with Gasteiger partial charge in [-0.05, 0) is 11.2 Å². The molecule has 2 nitrogen and oxygen atoms in total. The van der Waals surface area contributed by atoms with E-state index in [1.807, 2.05) is 0 Å². The fourth-order valence-electron chi connectivity index (χ4n) is 0.186. The monoisotopic (exact) mass is 154 g/mol. The summed E-state index contributed by atoms with van der Waals surface area (Å²) >= 11 is 5.20. The van der Waals surface area contributed by atoms with Crippen LogP contribution in [-0.4, -0.2) is 13.3 Å². The van der Waals surface area contributed by atoms with E-state index in [4.69, 9.17) is 11.2 Å². The van der Waals surface area contributed by atoms with E-state index in [1.165, 1.54) is 12.7 Å². The first-order valence-corrected chi connectivity index (χ1v) is 5.06. The zero-order valence-electron chi connectivity index (χ0n) is 4.63. The Labute approximate surface area is 53.7 Å². The maximum absolute atomic E-state index is 10.5. The summed E-state index contributed by atoms with van der Waals surface area (Å²) in [6.07, 6.45) is 1.50. The van der Waals surface area contributed by atoms with Crippen molar-refractivity contribution in [2.75, 3.05) is 13.3 Å². The Hall–Kier alpha value is 0.220. The zero-order valence-corrected chi connectivity index (χ0v) is 6.28. The van der Waals surface area contributed by atoms with Gasteiger partial charge in [0.1, 0.15) is 0 Å². The fraction of sp³-hybridized carbons (Fsp3) is 0.500. The lowest BCUT2D eigenvalue weighted by atomic mass is 10.7. The first-order valence-electron chi connectivity index (χ1n) is 2.09. The summed E-state index contributed by atoms with van der Waals surface area (Å²) in [5.74, 6) is 0. The SMILES string of the molecule is C=CCOP(C)(=O)Cl. The molecule has 0 bridgehead atoms. The van der Waals surface area contributed by atoms with Gasteiger partial charge in [0.15, 0.2) is 0 Å². The second kappa shape index (κ2) is 3.29. The minimum absolute atomic E-state index is 0.247. The molecule has 0 radical (unpaired) electrons. The molecule has 1 atom stereocenters. The molecule has 0 fully saturated rings. The van der Waals surface area contributed by atoms with Gasteiger partial charge in [0.05, 0.1) is 6.61 Å². The van der Waals surface area contributed by atoms with Crippen LogP contribution in [0.1, 0.15) is 0 Å². The van der Waals surface area contributed by atoms with Crippen LogP contribution in [0, 0.1) is 0 Å². The molecule has 0 N–H and O–H groups in total. The number of halogens is 1. The van der Waals surface area contributed by atoms with Gasteiger partial charge in [-0.25, -0.2) is 0 Å². The van der Waals surface area contributed by atoms with Crippen molar-refractivity contribution in [1.29, 1.82) is 0 Å². The van der Waals surface area contributed by atoms with E-state index in [-0.39, 0.29) is 6.61 Å². The Bertz CT molecular complexity index is 117. The van der Waals surface area contributed by atoms with Crippen molar-refractivity contribution in [3.63, 3.8) is 0 Å². The molecule has 48 valence electrons. The van der Waals surface area contributed by atoms with E-state index >= 15 is 0 Å². The Morgan fingerprint density at radius 2 is 2.50 bits per heavy atom. The van der Waals surface area contributed by atoms with Crippen LogP contribution in [0.3, 0.4) is 0 Å². The van der Waals surface area contributed by atoms with E-state index in [1.54, 1.807) is 0 Å². The molecule has 0 aliphatic rings. The Balaban J connectivity index is 3.40. The normalized spacial score (nSPS) is 17.2. The molecule has 0 saturated heterocycles. The first-order chi connectivity index (χ1) is 3.56. The molecule has 4 heteroatoms. The maximum Gasteiger partial charge on any atom is 0.287 e. The van der Waals surface area contributed by atoms with E-state index in [9.17, 15) is 4.57 Å². The lowest BCUT2D eigenvalue weighted by Gasteiger charge is -2.00. The summed E-state index contributed by atoms with van der Waals surface area (Å²) < 4.78 is 15.1. The van der Waals surface area contributed by atoms with Crippen molar-refractivity contribution in [1.82, 2.24) is 0 Å². The molecular weight excluding hydrogens is 146 g/mol. The van der Waals surface area contributed by atoms with Gasteiger partial charge in [0, 0.05) is 6.66 Å². The lowest BCUT2D eigenvalue weighted by Crippen LogP contribution is -1.80. The van der Waals surface area contributed by atoms with Crippen LogP contribution in [0.4, 0.5) is 0 Å². The first kappa shape index (κ1) is 8.22. The molecule has 0 spiro atoms. The van der Waals surface area contributed by atoms with Gasteiger partial charge in [0.2, 0.25) is 0 Å². The Kier molecular flexibility index (Phi) is 3.38. The van der Waals surface area contributed by atoms with Crippen molar-refractivity contribution in [2.24, 2.45) is 0 Å². The summed E-state index contributed by atoms with van der Waals surface area (Å²) in [7, 11) is 0. The molecule has 0 amide bonds. The van der Waals surface area contributed by atoms with Gasteiger partial charge in [-0.15, -0.1) is 6.58 Å². The smallest absolute Gasteiger partial charge is 0.287 e. The van der Waals surface area contributed by atoms with Crippen molar-refractivity contribution < 1.29 is 9.09 Å². The predicted molar refractivity (Wildman–Crippen MR) is 35.5 cm³/mol.